The van der Waals surface area contributed by atoms with E-state index in [-0.39, 0.29) is 0 Å². The van der Waals surface area contributed by atoms with Gasteiger partial charge in [-0.15, -0.1) is 0 Å². The number of aromatic nitrogens is 4. The van der Waals surface area contributed by atoms with Crippen LogP contribution in [0.3, 0.4) is 0 Å². The number of hydrogen-bond acceptors (Lipinski definition) is 4. The second-order valence-electron chi connectivity index (χ2n) is 5.63. The normalized spacial score (nSPS) is 11.0. The maximum atomic E-state index is 4.34. The summed E-state index contributed by atoms with van der Waals surface area (Å²) < 4.78 is 0. The molecule has 0 saturated carbocycles. The Morgan fingerprint density at radius 3 is 1.40 bits per heavy atom. The number of pyridine rings is 4. The molecule has 4 nitrogen and oxygen atoms in total. The van der Waals surface area contributed by atoms with Gasteiger partial charge in [0.1, 0.15) is 0 Å². The molecule has 0 aliphatic heterocycles. The molecule has 0 bridgehead atoms. The van der Waals surface area contributed by atoms with Gasteiger partial charge < -0.3 is 0 Å². The first-order chi connectivity index (χ1) is 12.4. The van der Waals surface area contributed by atoms with E-state index < -0.39 is 0 Å². The fraction of sp³-hybridized carbons (Fsp3) is 0.0476. The molecule has 120 valence electrons. The molecule has 1 aliphatic carbocycles. The smallest absolute Gasteiger partial charge is 0.0924 e. The first-order valence-electron chi connectivity index (χ1n) is 8.12. The zero-order valence-electron chi connectivity index (χ0n) is 13.6. The lowest BCUT2D eigenvalue weighted by atomic mass is 10.2. The highest BCUT2D eigenvalue weighted by molar-refractivity contribution is 5.69. The molecule has 0 saturated heterocycles. The van der Waals surface area contributed by atoms with Crippen LogP contribution >= 0.6 is 0 Å². The van der Waals surface area contributed by atoms with Gasteiger partial charge in [-0.05, 0) is 47.5 Å². The minimum atomic E-state index is 0.915. The summed E-state index contributed by atoms with van der Waals surface area (Å²) in [6.45, 7) is 0. The van der Waals surface area contributed by atoms with Crippen LogP contribution in [0.1, 0.15) is 11.1 Å². The van der Waals surface area contributed by atoms with Gasteiger partial charge >= 0.3 is 0 Å². The minimum Gasteiger partial charge on any atom is -0.255 e. The standard InChI is InChI=1S/C11H8N2.C10H8N2/c1-3-8-7-9-4-2-6-13-11(9)10(8)12-5-1;1-3-7-11-9(5-1)10-6-2-4-8-12-10/h1-6H,7H2;1-8H. The summed E-state index contributed by atoms with van der Waals surface area (Å²) in [5.41, 5.74) is 6.51. The fourth-order valence-electron chi connectivity index (χ4n) is 2.82. The number of rotatable bonds is 1. The van der Waals surface area contributed by atoms with Crippen LogP contribution in [-0.2, 0) is 6.42 Å². The molecule has 4 aromatic rings. The minimum absolute atomic E-state index is 0.915. The van der Waals surface area contributed by atoms with E-state index in [0.29, 0.717) is 0 Å². The van der Waals surface area contributed by atoms with Crippen LogP contribution in [0.4, 0.5) is 0 Å². The van der Waals surface area contributed by atoms with Gasteiger partial charge in [0.05, 0.1) is 22.8 Å². The van der Waals surface area contributed by atoms with Crippen molar-refractivity contribution in [2.75, 3.05) is 0 Å². The molecule has 0 aromatic carbocycles. The maximum Gasteiger partial charge on any atom is 0.0924 e. The quantitative estimate of drug-likeness (QED) is 0.464. The molecule has 4 heteroatoms. The van der Waals surface area contributed by atoms with Gasteiger partial charge in [0, 0.05) is 31.2 Å². The number of hydrogen-bond donors (Lipinski definition) is 0. The summed E-state index contributed by atoms with van der Waals surface area (Å²) >= 11 is 0. The zero-order chi connectivity index (χ0) is 16.9. The highest BCUT2D eigenvalue weighted by Crippen LogP contribution is 2.32. The summed E-state index contributed by atoms with van der Waals surface area (Å²) in [5, 5.41) is 0. The van der Waals surface area contributed by atoms with Crippen molar-refractivity contribution >= 4 is 0 Å². The maximum absolute atomic E-state index is 4.34. The van der Waals surface area contributed by atoms with E-state index in [1.807, 2.05) is 60.9 Å². The average Bonchev–Trinajstić information content (AvgIpc) is 3.09. The third-order valence-corrected chi connectivity index (χ3v) is 3.98. The van der Waals surface area contributed by atoms with Crippen molar-refractivity contribution in [1.82, 2.24) is 19.9 Å². The van der Waals surface area contributed by atoms with E-state index in [1.54, 1.807) is 12.4 Å². The van der Waals surface area contributed by atoms with Crippen LogP contribution < -0.4 is 0 Å². The lowest BCUT2D eigenvalue weighted by molar-refractivity contribution is 1.22. The monoisotopic (exact) mass is 324 g/mol. The molecule has 4 heterocycles. The lowest BCUT2D eigenvalue weighted by Gasteiger charge is -1.96. The lowest BCUT2D eigenvalue weighted by Crippen LogP contribution is -1.84. The molecular weight excluding hydrogens is 308 g/mol. The molecule has 0 unspecified atom stereocenters. The van der Waals surface area contributed by atoms with E-state index >= 15 is 0 Å². The third-order valence-electron chi connectivity index (χ3n) is 3.98. The molecule has 1 aliphatic rings. The molecule has 0 atom stereocenters. The van der Waals surface area contributed by atoms with E-state index in [9.17, 15) is 0 Å². The molecule has 4 aromatic heterocycles. The molecule has 25 heavy (non-hydrogen) atoms. The molecule has 0 radical (unpaired) electrons. The van der Waals surface area contributed by atoms with Crippen LogP contribution in [0, 0.1) is 0 Å². The Balaban J connectivity index is 0.000000126. The highest BCUT2D eigenvalue weighted by Gasteiger charge is 2.19. The summed E-state index contributed by atoms with van der Waals surface area (Å²) in [7, 11) is 0. The van der Waals surface area contributed by atoms with Crippen molar-refractivity contribution in [1.29, 1.82) is 0 Å². The van der Waals surface area contributed by atoms with Crippen molar-refractivity contribution in [3.63, 3.8) is 0 Å². The largest absolute Gasteiger partial charge is 0.255 e. The Hall–Kier alpha value is -3.40. The van der Waals surface area contributed by atoms with Crippen molar-refractivity contribution in [3.8, 4) is 22.8 Å². The summed E-state index contributed by atoms with van der Waals surface area (Å²) in [5.74, 6) is 0. The van der Waals surface area contributed by atoms with Gasteiger partial charge in [0.2, 0.25) is 0 Å². The molecular formula is C21H16N4. The first kappa shape index (κ1) is 15.1. The summed E-state index contributed by atoms with van der Waals surface area (Å²) in [6, 6.07) is 19.8. The molecule has 0 amide bonds. The Morgan fingerprint density at radius 1 is 0.480 bits per heavy atom. The topological polar surface area (TPSA) is 51.6 Å². The van der Waals surface area contributed by atoms with Crippen molar-refractivity contribution in [2.24, 2.45) is 0 Å². The second-order valence-corrected chi connectivity index (χ2v) is 5.63. The Kier molecular flexibility index (Phi) is 4.25. The zero-order valence-corrected chi connectivity index (χ0v) is 13.6. The van der Waals surface area contributed by atoms with Gasteiger partial charge in [-0.2, -0.15) is 0 Å². The molecule has 0 spiro atoms. The molecule has 5 rings (SSSR count). The first-order valence-corrected chi connectivity index (χ1v) is 8.12. The number of fused-ring (bicyclic) bond motifs is 3. The number of nitrogens with zero attached hydrogens (tertiary/aromatic N) is 4. The van der Waals surface area contributed by atoms with Gasteiger partial charge in [0.15, 0.2) is 0 Å². The van der Waals surface area contributed by atoms with Crippen LogP contribution in [0.15, 0.2) is 85.5 Å². The summed E-state index contributed by atoms with van der Waals surface area (Å²) in [4.78, 5) is 17.0. The Labute approximate surface area is 146 Å². The predicted octanol–water partition coefficient (Wildman–Crippen LogP) is 4.19. The van der Waals surface area contributed by atoms with Crippen LogP contribution in [0.2, 0.25) is 0 Å². The van der Waals surface area contributed by atoms with Crippen molar-refractivity contribution in [3.05, 3.63) is 96.6 Å². The SMILES string of the molecule is c1ccc(-c2ccccn2)nc1.c1cnc2c(c1)Cc1cccnc1-2. The third kappa shape index (κ3) is 3.28. The Bertz CT molecular complexity index is 888. The fourth-order valence-corrected chi connectivity index (χ4v) is 2.82. The average molecular weight is 324 g/mol. The predicted molar refractivity (Wildman–Crippen MR) is 97.7 cm³/mol. The van der Waals surface area contributed by atoms with Gasteiger partial charge in [0.25, 0.3) is 0 Å². The summed E-state index contributed by atoms with van der Waals surface area (Å²) in [6.07, 6.45) is 8.16. The van der Waals surface area contributed by atoms with Crippen LogP contribution in [0.5, 0.6) is 0 Å². The van der Waals surface area contributed by atoms with Gasteiger partial charge in [-0.1, -0.05) is 24.3 Å². The Morgan fingerprint density at radius 2 is 0.960 bits per heavy atom. The second kappa shape index (κ2) is 7.01. The molecule has 0 N–H and O–H groups in total. The highest BCUT2D eigenvalue weighted by atomic mass is 14.8. The van der Waals surface area contributed by atoms with Crippen LogP contribution in [-0.4, -0.2) is 19.9 Å². The molecule has 0 fully saturated rings. The van der Waals surface area contributed by atoms with Gasteiger partial charge in [-0.3, -0.25) is 19.9 Å². The van der Waals surface area contributed by atoms with E-state index in [0.717, 1.165) is 29.2 Å². The van der Waals surface area contributed by atoms with E-state index in [1.165, 1.54) is 11.1 Å². The van der Waals surface area contributed by atoms with Crippen molar-refractivity contribution < 1.29 is 0 Å². The van der Waals surface area contributed by atoms with Crippen LogP contribution in [0.25, 0.3) is 22.8 Å². The van der Waals surface area contributed by atoms with E-state index in [4.69, 9.17) is 0 Å². The van der Waals surface area contributed by atoms with Crippen molar-refractivity contribution in [2.45, 2.75) is 6.42 Å². The van der Waals surface area contributed by atoms with Gasteiger partial charge in [-0.25, -0.2) is 0 Å². The van der Waals surface area contributed by atoms with E-state index in [2.05, 4.69) is 32.1 Å².